The molecule has 2 N–H and O–H groups in total. The van der Waals surface area contributed by atoms with E-state index in [1.165, 1.54) is 24.5 Å². The number of pyridine rings is 1. The van der Waals surface area contributed by atoms with Crippen LogP contribution in [-0.4, -0.2) is 20.9 Å². The van der Waals surface area contributed by atoms with Crippen molar-refractivity contribution in [2.75, 3.05) is 10.6 Å². The van der Waals surface area contributed by atoms with Crippen LogP contribution in [0.25, 0.3) is 0 Å². The second kappa shape index (κ2) is 7.81. The number of carbonyl (C=O) groups is 1. The highest BCUT2D eigenvalue weighted by molar-refractivity contribution is 6.03. The summed E-state index contributed by atoms with van der Waals surface area (Å²) in [6.07, 6.45) is 1.47. The van der Waals surface area contributed by atoms with Crippen molar-refractivity contribution < 1.29 is 18.0 Å². The van der Waals surface area contributed by atoms with Gasteiger partial charge in [-0.1, -0.05) is 12.1 Å². The van der Waals surface area contributed by atoms with Gasteiger partial charge in [-0.2, -0.15) is 13.2 Å². The topological polar surface area (TPSA) is 79.8 Å². The molecule has 0 unspecified atom stereocenters. The zero-order chi connectivity index (χ0) is 19.3. The molecular formula is C18H14F3N5O. The van der Waals surface area contributed by atoms with Gasteiger partial charge in [0, 0.05) is 37.0 Å². The number of amides is 1. The van der Waals surface area contributed by atoms with Gasteiger partial charge >= 0.3 is 6.18 Å². The number of halogens is 3. The Morgan fingerprint density at radius 3 is 2.48 bits per heavy atom. The largest absolute Gasteiger partial charge is 0.416 e. The lowest BCUT2D eigenvalue weighted by Crippen LogP contribution is -2.14. The number of anilines is 2. The van der Waals surface area contributed by atoms with Crippen molar-refractivity contribution in [3.05, 3.63) is 77.9 Å². The maximum absolute atomic E-state index is 12.7. The fourth-order valence-corrected chi connectivity index (χ4v) is 2.20. The Morgan fingerprint density at radius 1 is 1.04 bits per heavy atom. The van der Waals surface area contributed by atoms with Gasteiger partial charge in [0.1, 0.15) is 0 Å². The first-order valence-electron chi connectivity index (χ1n) is 7.85. The molecule has 0 aliphatic rings. The summed E-state index contributed by atoms with van der Waals surface area (Å²) in [6, 6.07) is 8.08. The van der Waals surface area contributed by atoms with E-state index >= 15 is 0 Å². The molecule has 27 heavy (non-hydrogen) atoms. The SMILES string of the molecule is O=C(Nc1cccc(C(F)(F)F)c1)c1cnc(NCc2cccnc2)nc1. The third kappa shape index (κ3) is 5.00. The van der Waals surface area contributed by atoms with Crippen molar-refractivity contribution in [3.8, 4) is 0 Å². The van der Waals surface area contributed by atoms with Crippen molar-refractivity contribution in [2.24, 2.45) is 0 Å². The molecule has 0 saturated heterocycles. The minimum absolute atomic E-state index is 0.0357. The molecule has 0 radical (unpaired) electrons. The van der Waals surface area contributed by atoms with Gasteiger partial charge in [0.15, 0.2) is 0 Å². The molecule has 138 valence electrons. The second-order valence-electron chi connectivity index (χ2n) is 5.54. The predicted octanol–water partition coefficient (Wildman–Crippen LogP) is 3.75. The van der Waals surface area contributed by atoms with Gasteiger partial charge in [0.05, 0.1) is 11.1 Å². The molecule has 3 rings (SSSR count). The molecule has 0 bridgehead atoms. The molecule has 0 saturated carbocycles. The van der Waals surface area contributed by atoms with Crippen LogP contribution in [0.15, 0.2) is 61.2 Å². The summed E-state index contributed by atoms with van der Waals surface area (Å²) in [5, 5.41) is 5.38. The molecule has 0 atom stereocenters. The van der Waals surface area contributed by atoms with Crippen LogP contribution in [0.4, 0.5) is 24.8 Å². The first-order chi connectivity index (χ1) is 12.9. The summed E-state index contributed by atoms with van der Waals surface area (Å²) >= 11 is 0. The summed E-state index contributed by atoms with van der Waals surface area (Å²) in [5.74, 6) is -0.289. The van der Waals surface area contributed by atoms with Crippen LogP contribution in [0.3, 0.4) is 0 Å². The smallest absolute Gasteiger partial charge is 0.350 e. The van der Waals surface area contributed by atoms with E-state index < -0.39 is 17.6 Å². The van der Waals surface area contributed by atoms with Gasteiger partial charge in [-0.15, -0.1) is 0 Å². The number of hydrogen-bond donors (Lipinski definition) is 2. The average molecular weight is 373 g/mol. The Kier molecular flexibility index (Phi) is 5.30. The van der Waals surface area contributed by atoms with Gasteiger partial charge in [-0.25, -0.2) is 9.97 Å². The van der Waals surface area contributed by atoms with Crippen molar-refractivity contribution in [3.63, 3.8) is 0 Å². The van der Waals surface area contributed by atoms with Crippen LogP contribution < -0.4 is 10.6 Å². The molecule has 0 aliphatic carbocycles. The average Bonchev–Trinajstić information content (AvgIpc) is 2.67. The molecule has 6 nitrogen and oxygen atoms in total. The third-order valence-corrected chi connectivity index (χ3v) is 3.54. The number of alkyl halides is 3. The molecule has 1 amide bonds. The molecule has 3 aromatic rings. The number of carbonyl (C=O) groups excluding carboxylic acids is 1. The molecule has 0 spiro atoms. The quantitative estimate of drug-likeness (QED) is 0.712. The van der Waals surface area contributed by atoms with E-state index in [4.69, 9.17) is 0 Å². The Labute approximate surface area is 152 Å². The van der Waals surface area contributed by atoms with Gasteiger partial charge in [-0.05, 0) is 29.8 Å². The van der Waals surface area contributed by atoms with Crippen molar-refractivity contribution in [2.45, 2.75) is 12.7 Å². The monoisotopic (exact) mass is 373 g/mol. The van der Waals surface area contributed by atoms with Gasteiger partial charge in [-0.3, -0.25) is 9.78 Å². The highest BCUT2D eigenvalue weighted by Gasteiger charge is 2.30. The standard InChI is InChI=1S/C18H14F3N5O/c19-18(20,21)14-4-1-5-15(7-14)26-16(27)13-10-24-17(25-11-13)23-9-12-3-2-6-22-8-12/h1-8,10-11H,9H2,(H,26,27)(H,23,24,25). The lowest BCUT2D eigenvalue weighted by molar-refractivity contribution is -0.137. The molecule has 9 heteroatoms. The molecule has 0 aliphatic heterocycles. The number of rotatable bonds is 5. The Hall–Kier alpha value is -3.49. The molecule has 0 fully saturated rings. The molecule has 1 aromatic carbocycles. The Balaban J connectivity index is 1.62. The fraction of sp³-hybridized carbons (Fsp3) is 0.111. The summed E-state index contributed by atoms with van der Waals surface area (Å²) in [4.78, 5) is 24.2. The van der Waals surface area contributed by atoms with Gasteiger partial charge < -0.3 is 10.6 Å². The van der Waals surface area contributed by atoms with Gasteiger partial charge in [0.25, 0.3) is 5.91 Å². The fourth-order valence-electron chi connectivity index (χ4n) is 2.20. The summed E-state index contributed by atoms with van der Waals surface area (Å²) in [5.41, 5.74) is 0.256. The van der Waals surface area contributed by atoms with E-state index in [-0.39, 0.29) is 11.3 Å². The lowest BCUT2D eigenvalue weighted by atomic mass is 10.2. The van der Waals surface area contributed by atoms with E-state index in [2.05, 4.69) is 25.6 Å². The van der Waals surface area contributed by atoms with E-state index in [1.807, 2.05) is 6.07 Å². The van der Waals surface area contributed by atoms with Gasteiger partial charge in [0.2, 0.25) is 5.95 Å². The van der Waals surface area contributed by atoms with Crippen LogP contribution in [0.1, 0.15) is 21.5 Å². The highest BCUT2D eigenvalue weighted by Crippen LogP contribution is 2.30. The first kappa shape index (κ1) is 18.3. The number of benzene rings is 1. The maximum Gasteiger partial charge on any atom is 0.416 e. The van der Waals surface area contributed by atoms with Crippen molar-refractivity contribution in [1.82, 2.24) is 15.0 Å². The van der Waals surface area contributed by atoms with Crippen LogP contribution >= 0.6 is 0 Å². The van der Waals surface area contributed by atoms with Crippen molar-refractivity contribution >= 4 is 17.5 Å². The lowest BCUT2D eigenvalue weighted by Gasteiger charge is -2.10. The van der Waals surface area contributed by atoms with Crippen LogP contribution in [-0.2, 0) is 12.7 Å². The predicted molar refractivity (Wildman–Crippen MR) is 93.0 cm³/mol. The first-order valence-corrected chi connectivity index (χ1v) is 7.85. The third-order valence-electron chi connectivity index (χ3n) is 3.54. The number of aromatic nitrogens is 3. The van der Waals surface area contributed by atoms with Crippen molar-refractivity contribution in [1.29, 1.82) is 0 Å². The summed E-state index contributed by atoms with van der Waals surface area (Å²) in [6.45, 7) is 0.462. The van der Waals surface area contributed by atoms with Crippen LogP contribution in [0.2, 0.25) is 0 Å². The minimum Gasteiger partial charge on any atom is -0.350 e. The number of nitrogens with one attached hydrogen (secondary N) is 2. The normalized spacial score (nSPS) is 11.1. The Bertz CT molecular complexity index is 914. The zero-order valence-electron chi connectivity index (χ0n) is 13.9. The highest BCUT2D eigenvalue weighted by atomic mass is 19.4. The van der Waals surface area contributed by atoms with E-state index in [9.17, 15) is 18.0 Å². The zero-order valence-corrected chi connectivity index (χ0v) is 13.9. The van der Waals surface area contributed by atoms with E-state index in [0.29, 0.717) is 12.5 Å². The summed E-state index contributed by atoms with van der Waals surface area (Å²) < 4.78 is 38.2. The van der Waals surface area contributed by atoms with Crippen LogP contribution in [0.5, 0.6) is 0 Å². The molecule has 2 aromatic heterocycles. The van der Waals surface area contributed by atoms with Crippen LogP contribution in [0, 0.1) is 0 Å². The number of nitrogens with zero attached hydrogens (tertiary/aromatic N) is 3. The Morgan fingerprint density at radius 2 is 1.81 bits per heavy atom. The minimum atomic E-state index is -4.48. The molecule has 2 heterocycles. The molecular weight excluding hydrogens is 359 g/mol. The van der Waals surface area contributed by atoms with E-state index in [1.54, 1.807) is 18.5 Å². The maximum atomic E-state index is 12.7. The van der Waals surface area contributed by atoms with E-state index in [0.717, 1.165) is 17.7 Å². The number of hydrogen-bond acceptors (Lipinski definition) is 5. The second-order valence-corrected chi connectivity index (χ2v) is 5.54. The summed E-state index contributed by atoms with van der Waals surface area (Å²) in [7, 11) is 0.